The maximum absolute atomic E-state index is 11.9. The van der Waals surface area contributed by atoms with Crippen LogP contribution in [0.5, 0.6) is 0 Å². The normalized spacial score (nSPS) is 11.5. The zero-order chi connectivity index (χ0) is 15.2. The van der Waals surface area contributed by atoms with Crippen LogP contribution >= 0.6 is 0 Å². The second-order valence-corrected chi connectivity index (χ2v) is 4.17. The number of rotatable bonds is 5. The molecule has 0 bridgehead atoms. The minimum atomic E-state index is -0.709. The Labute approximate surface area is 120 Å². The van der Waals surface area contributed by atoms with Crippen LogP contribution in [0.25, 0.3) is 0 Å². The van der Waals surface area contributed by atoms with Crippen molar-refractivity contribution < 1.29 is 14.5 Å². The Morgan fingerprint density at radius 1 is 1.29 bits per heavy atom. The molecule has 0 aliphatic carbocycles. The van der Waals surface area contributed by atoms with Crippen molar-refractivity contribution in [1.29, 1.82) is 0 Å². The molecule has 0 fully saturated rings. The quantitative estimate of drug-likeness (QED) is 0.515. The average Bonchev–Trinajstić information content (AvgIpc) is 2.53. The van der Waals surface area contributed by atoms with E-state index in [-0.39, 0.29) is 5.82 Å². The fourth-order valence-corrected chi connectivity index (χ4v) is 1.79. The second-order valence-electron chi connectivity index (χ2n) is 4.17. The largest absolute Gasteiger partial charge is 0.467 e. The monoisotopic (exact) mass is 287 g/mol. The number of methoxy groups -OCH3 is 1. The Bertz CT molecular complexity index is 628. The van der Waals surface area contributed by atoms with Gasteiger partial charge in [-0.3, -0.25) is 0 Å². The fourth-order valence-electron chi connectivity index (χ4n) is 1.79. The van der Waals surface area contributed by atoms with E-state index >= 15 is 0 Å². The molecule has 7 heteroatoms. The summed E-state index contributed by atoms with van der Waals surface area (Å²) in [5.74, 6) is -0.713. The molecule has 1 unspecified atom stereocenters. The molecule has 0 aliphatic rings. The number of hydrogen-bond acceptors (Lipinski definition) is 6. The summed E-state index contributed by atoms with van der Waals surface area (Å²) in [6.07, 6.45) is 1.30. The van der Waals surface area contributed by atoms with Gasteiger partial charge in [-0.25, -0.2) is 4.79 Å². The van der Waals surface area contributed by atoms with Crippen molar-refractivity contribution in [3.8, 4) is 0 Å². The first kappa shape index (κ1) is 14.4. The summed E-state index contributed by atoms with van der Waals surface area (Å²) in [6, 6.07) is 11.1. The third-order valence-corrected chi connectivity index (χ3v) is 2.82. The van der Waals surface area contributed by atoms with E-state index in [1.54, 1.807) is 24.3 Å². The maximum atomic E-state index is 11.9. The lowest BCUT2D eigenvalue weighted by Crippen LogP contribution is -2.22. The molecule has 0 radical (unpaired) electrons. The minimum absolute atomic E-state index is 0.255. The molecule has 1 atom stereocenters. The number of esters is 1. The number of nitrogens with one attached hydrogen (secondary N) is 1. The Kier molecular flexibility index (Phi) is 4.45. The lowest BCUT2D eigenvalue weighted by atomic mass is 10.1. The number of nitrogens with zero attached hydrogens (tertiary/aromatic N) is 2. The molecule has 21 heavy (non-hydrogen) atoms. The summed E-state index contributed by atoms with van der Waals surface area (Å²) >= 11 is 0. The molecule has 108 valence electrons. The summed E-state index contributed by atoms with van der Waals surface area (Å²) in [5.41, 5.74) is 1.21. The topological polar surface area (TPSA) is 94.4 Å². The number of pyridine rings is 1. The second kappa shape index (κ2) is 6.47. The van der Waals surface area contributed by atoms with E-state index in [9.17, 15) is 14.9 Å². The van der Waals surface area contributed by atoms with Gasteiger partial charge in [-0.05, 0) is 21.5 Å². The van der Waals surface area contributed by atoms with Crippen LogP contribution in [-0.4, -0.2) is 23.0 Å². The number of ether oxygens (including phenoxy) is 1. The van der Waals surface area contributed by atoms with Gasteiger partial charge in [0, 0.05) is 6.07 Å². The van der Waals surface area contributed by atoms with Gasteiger partial charge in [-0.15, -0.1) is 0 Å². The van der Waals surface area contributed by atoms with Crippen LogP contribution in [0.2, 0.25) is 0 Å². The number of anilines is 1. The molecule has 1 aromatic heterocycles. The number of aromatic nitrogens is 1. The lowest BCUT2D eigenvalue weighted by molar-refractivity contribution is -0.389. The van der Waals surface area contributed by atoms with E-state index in [1.807, 2.05) is 6.07 Å². The summed E-state index contributed by atoms with van der Waals surface area (Å²) < 4.78 is 4.77. The van der Waals surface area contributed by atoms with Crippen LogP contribution < -0.4 is 5.32 Å². The van der Waals surface area contributed by atoms with Crippen molar-refractivity contribution in [1.82, 2.24) is 4.98 Å². The number of nitro groups is 1. The number of carbonyl (C=O) groups is 1. The molecule has 0 spiro atoms. The van der Waals surface area contributed by atoms with E-state index in [0.717, 1.165) is 5.56 Å². The standard InChI is InChI=1S/C14H13N3O4/c1-21-14(18)13(10-5-3-2-4-6-10)16-11-7-8-12(15-9-11)17(19)20/h2-9,13,16H,1H3. The predicted molar refractivity (Wildman–Crippen MR) is 75.7 cm³/mol. The molecule has 1 N–H and O–H groups in total. The van der Waals surface area contributed by atoms with Crippen LogP contribution in [0.4, 0.5) is 11.5 Å². The van der Waals surface area contributed by atoms with Gasteiger partial charge in [-0.1, -0.05) is 30.3 Å². The highest BCUT2D eigenvalue weighted by atomic mass is 16.6. The molecule has 7 nitrogen and oxygen atoms in total. The molecule has 0 saturated carbocycles. The predicted octanol–water partition coefficient (Wildman–Crippen LogP) is 2.32. The lowest BCUT2D eigenvalue weighted by Gasteiger charge is -2.17. The Morgan fingerprint density at radius 2 is 2.00 bits per heavy atom. The molecule has 0 amide bonds. The summed E-state index contributed by atoms with van der Waals surface area (Å²) in [4.78, 5) is 25.5. The SMILES string of the molecule is COC(=O)C(Nc1ccc([N+](=O)[O-])nc1)c1ccccc1. The zero-order valence-corrected chi connectivity index (χ0v) is 11.2. The smallest absolute Gasteiger partial charge is 0.363 e. The van der Waals surface area contributed by atoms with Gasteiger partial charge in [0.25, 0.3) is 0 Å². The van der Waals surface area contributed by atoms with Gasteiger partial charge >= 0.3 is 11.8 Å². The molecule has 2 aromatic rings. The summed E-state index contributed by atoms with van der Waals surface area (Å²) in [6.45, 7) is 0. The highest BCUT2D eigenvalue weighted by molar-refractivity contribution is 5.80. The fraction of sp³-hybridized carbons (Fsp3) is 0.143. The highest BCUT2D eigenvalue weighted by Gasteiger charge is 2.21. The third-order valence-electron chi connectivity index (χ3n) is 2.82. The van der Waals surface area contributed by atoms with E-state index in [4.69, 9.17) is 4.74 Å². The van der Waals surface area contributed by atoms with Crippen molar-refractivity contribution >= 4 is 17.5 Å². The first-order chi connectivity index (χ1) is 10.1. The molecular weight excluding hydrogens is 274 g/mol. The van der Waals surface area contributed by atoms with Crippen molar-refractivity contribution in [2.75, 3.05) is 12.4 Å². The Hall–Kier alpha value is -2.96. The third kappa shape index (κ3) is 3.53. The van der Waals surface area contributed by atoms with Crippen molar-refractivity contribution in [3.63, 3.8) is 0 Å². The van der Waals surface area contributed by atoms with Gasteiger partial charge in [-0.2, -0.15) is 0 Å². The van der Waals surface area contributed by atoms with Crippen molar-refractivity contribution in [2.24, 2.45) is 0 Å². The van der Waals surface area contributed by atoms with Crippen LogP contribution in [0, 0.1) is 10.1 Å². The van der Waals surface area contributed by atoms with Crippen molar-refractivity contribution in [3.05, 3.63) is 64.3 Å². The summed E-state index contributed by atoms with van der Waals surface area (Å²) in [5, 5.41) is 13.5. The molecular formula is C14H13N3O4. The van der Waals surface area contributed by atoms with Gasteiger partial charge < -0.3 is 20.2 Å². The number of benzene rings is 1. The van der Waals surface area contributed by atoms with E-state index in [0.29, 0.717) is 5.69 Å². The van der Waals surface area contributed by atoms with E-state index < -0.39 is 16.9 Å². The first-order valence-electron chi connectivity index (χ1n) is 6.11. The number of carbonyl (C=O) groups excluding carboxylic acids is 1. The van der Waals surface area contributed by atoms with E-state index in [1.165, 1.54) is 25.4 Å². The molecule has 1 heterocycles. The van der Waals surface area contributed by atoms with Gasteiger partial charge in [0.2, 0.25) is 0 Å². The average molecular weight is 287 g/mol. The van der Waals surface area contributed by atoms with Gasteiger partial charge in [0.1, 0.15) is 0 Å². The molecule has 0 saturated heterocycles. The van der Waals surface area contributed by atoms with Gasteiger partial charge in [0.15, 0.2) is 12.2 Å². The van der Waals surface area contributed by atoms with Crippen LogP contribution in [0.1, 0.15) is 11.6 Å². The van der Waals surface area contributed by atoms with E-state index in [2.05, 4.69) is 10.3 Å². The molecule has 0 aliphatic heterocycles. The van der Waals surface area contributed by atoms with Gasteiger partial charge in [0.05, 0.1) is 12.8 Å². The first-order valence-corrected chi connectivity index (χ1v) is 6.11. The minimum Gasteiger partial charge on any atom is -0.467 e. The summed E-state index contributed by atoms with van der Waals surface area (Å²) in [7, 11) is 1.30. The Morgan fingerprint density at radius 3 is 2.52 bits per heavy atom. The van der Waals surface area contributed by atoms with Crippen LogP contribution in [0.3, 0.4) is 0 Å². The van der Waals surface area contributed by atoms with Crippen LogP contribution in [0.15, 0.2) is 48.7 Å². The maximum Gasteiger partial charge on any atom is 0.363 e. The highest BCUT2D eigenvalue weighted by Crippen LogP contribution is 2.21. The zero-order valence-electron chi connectivity index (χ0n) is 11.2. The molecule has 1 aromatic carbocycles. The van der Waals surface area contributed by atoms with Crippen molar-refractivity contribution in [2.45, 2.75) is 6.04 Å². The number of hydrogen-bond donors (Lipinski definition) is 1. The molecule has 2 rings (SSSR count). The van der Waals surface area contributed by atoms with Crippen LogP contribution in [-0.2, 0) is 9.53 Å². The Balaban J connectivity index is 2.23.